The Bertz CT molecular complexity index is 7200. The Morgan fingerprint density at radius 3 is 1.22 bits per heavy atom. The van der Waals surface area contributed by atoms with Crippen molar-refractivity contribution in [3.8, 4) is 67.5 Å². The minimum atomic E-state index is -1.00. The third-order valence-corrected chi connectivity index (χ3v) is 24.9. The summed E-state index contributed by atoms with van der Waals surface area (Å²) in [7, 11) is 0. The van der Waals surface area contributed by atoms with Crippen molar-refractivity contribution in [1.82, 2.24) is 59.8 Å². The molecule has 1 aliphatic rings. The maximum absolute atomic E-state index is 13.6. The smallest absolute Gasteiger partial charge is 0.339 e. The molecule has 0 fully saturated rings. The molecule has 0 spiro atoms. The van der Waals surface area contributed by atoms with Crippen LogP contribution in [0, 0.1) is 44.0 Å². The van der Waals surface area contributed by atoms with E-state index in [4.69, 9.17) is 4.74 Å². The van der Waals surface area contributed by atoms with Crippen molar-refractivity contribution in [3.05, 3.63) is 398 Å². The van der Waals surface area contributed by atoms with Crippen LogP contribution in [0.25, 0.3) is 73.6 Å². The van der Waals surface area contributed by atoms with Gasteiger partial charge in [-0.15, -0.1) is 68.0 Å². The number of cyclic esters (lactones) is 1. The highest BCUT2D eigenvalue weighted by molar-refractivity contribution is 7.17. The number of hydrogen-bond donors (Lipinski definition) is 6. The van der Waals surface area contributed by atoms with Crippen LogP contribution in [0.5, 0.6) is 0 Å². The molecule has 696 valence electrons. The monoisotopic (exact) mass is 1970 g/mol. The highest BCUT2D eigenvalue weighted by Crippen LogP contribution is 2.37. The Morgan fingerprint density at radius 1 is 0.360 bits per heavy atom. The molecule has 26 nitrogen and oxygen atoms in total. The van der Waals surface area contributed by atoms with Crippen LogP contribution in [0.2, 0.25) is 0 Å². The van der Waals surface area contributed by atoms with E-state index in [1.807, 2.05) is 177 Å². The van der Waals surface area contributed by atoms with Gasteiger partial charge in [0.2, 0.25) is 35.4 Å². The van der Waals surface area contributed by atoms with E-state index in [1.54, 1.807) is 128 Å². The number of esters is 1. The van der Waals surface area contributed by atoms with Crippen LogP contribution >= 0.6 is 68.0 Å². The van der Waals surface area contributed by atoms with Gasteiger partial charge in [-0.1, -0.05) is 121 Å². The van der Waals surface area contributed by atoms with Crippen LogP contribution in [-0.4, -0.2) is 101 Å². The van der Waals surface area contributed by atoms with Gasteiger partial charge in [0.1, 0.15) is 17.7 Å². The molecule has 6 aromatic carbocycles. The lowest BCUT2D eigenvalue weighted by Crippen LogP contribution is -2.15. The number of rotatable bonds is 25. The fourth-order valence-electron chi connectivity index (χ4n) is 13.3. The zero-order valence-corrected chi connectivity index (χ0v) is 79.0. The molecule has 19 rings (SSSR count). The Hall–Kier alpha value is -16.3. The van der Waals surface area contributed by atoms with Gasteiger partial charge >= 0.3 is 5.97 Å². The van der Waals surface area contributed by atoms with Gasteiger partial charge in [0.15, 0.2) is 42.4 Å². The molecule has 1 unspecified atom stereocenters. The van der Waals surface area contributed by atoms with Crippen molar-refractivity contribution < 1.29 is 55.9 Å². The number of aryl methyl sites for hydroxylation is 4. The average molecular weight is 1970 g/mol. The van der Waals surface area contributed by atoms with Gasteiger partial charge in [-0.3, -0.25) is 64.0 Å². The molecule has 13 heterocycles. The van der Waals surface area contributed by atoms with Crippen LogP contribution in [0.3, 0.4) is 0 Å². The van der Waals surface area contributed by atoms with Gasteiger partial charge in [-0.2, -0.15) is 0 Å². The van der Waals surface area contributed by atoms with E-state index in [-0.39, 0.29) is 78.4 Å². The second-order valence-corrected chi connectivity index (χ2v) is 36.1. The number of carbonyl (C=O) groups excluding carboxylic acids is 7. The molecular weight excluding hydrogens is 1890 g/mol. The molecule has 18 aromatic rings. The fourth-order valence-corrected chi connectivity index (χ4v) is 18.0. The maximum atomic E-state index is 13.6. The maximum Gasteiger partial charge on any atom is 0.339 e. The first-order valence-electron chi connectivity index (χ1n) is 42.6. The first kappa shape index (κ1) is 98.7. The molecule has 139 heavy (non-hydrogen) atoms. The summed E-state index contributed by atoms with van der Waals surface area (Å²) in [5.41, 5.74) is 15.1. The number of anilines is 6. The molecule has 0 aliphatic carbocycles. The molecule has 0 saturated heterocycles. The van der Waals surface area contributed by atoms with Crippen LogP contribution in [0.1, 0.15) is 77.3 Å². The summed E-state index contributed by atoms with van der Waals surface area (Å²) in [6.45, 7) is 5.91. The van der Waals surface area contributed by atoms with Crippen molar-refractivity contribution in [1.29, 1.82) is 0 Å². The summed E-state index contributed by atoms with van der Waals surface area (Å²) < 4.78 is 58.4. The number of benzene rings is 6. The Morgan fingerprint density at radius 2 is 0.741 bits per heavy atom. The number of carbonyl (C=O) groups is 7. The Kier molecular flexibility index (Phi) is 35.4. The molecule has 12 aromatic heterocycles. The van der Waals surface area contributed by atoms with Crippen molar-refractivity contribution in [3.63, 3.8) is 0 Å². The van der Waals surface area contributed by atoms with E-state index in [0.717, 1.165) is 111 Å². The zero-order valence-electron chi connectivity index (χ0n) is 74.1. The van der Waals surface area contributed by atoms with Gasteiger partial charge in [-0.25, -0.2) is 52.3 Å². The van der Waals surface area contributed by atoms with Crippen LogP contribution in [-0.2, 0) is 59.2 Å². The minimum Gasteiger partial charge on any atom is -0.453 e. The lowest BCUT2D eigenvalue weighted by molar-refractivity contribution is -0.118. The van der Waals surface area contributed by atoms with E-state index in [2.05, 4.69) is 91.7 Å². The third-order valence-electron chi connectivity index (χ3n) is 20.0. The second-order valence-electron chi connectivity index (χ2n) is 29.9. The molecule has 0 saturated carbocycles. The number of ether oxygens (including phenoxy) is 1. The van der Waals surface area contributed by atoms with E-state index >= 15 is 0 Å². The number of nitrogens with one attached hydrogen (secondary N) is 6. The van der Waals surface area contributed by atoms with Gasteiger partial charge < -0.3 is 31.3 Å². The molecule has 6 amide bonds. The Labute approximate surface area is 818 Å². The number of hydrogen-bond acceptors (Lipinski definition) is 26. The van der Waals surface area contributed by atoms with Crippen LogP contribution < -0.4 is 31.9 Å². The highest BCUT2D eigenvalue weighted by Gasteiger charge is 2.33. The molecule has 36 heteroatoms. The summed E-state index contributed by atoms with van der Waals surface area (Å²) in [6.07, 6.45) is 24.3. The van der Waals surface area contributed by atoms with Crippen molar-refractivity contribution in [2.75, 3.05) is 31.9 Å². The predicted octanol–water partition coefficient (Wildman–Crippen LogP) is 22.7. The van der Waals surface area contributed by atoms with Crippen LogP contribution in [0.4, 0.5) is 48.4 Å². The summed E-state index contributed by atoms with van der Waals surface area (Å²) in [4.78, 5) is 138. The quantitative estimate of drug-likeness (QED) is 0.0176. The van der Waals surface area contributed by atoms with Gasteiger partial charge in [-0.05, 0) is 159 Å². The number of pyridine rings is 6. The molecule has 1 aliphatic heterocycles. The molecule has 6 N–H and O–H groups in total. The van der Waals surface area contributed by atoms with Gasteiger partial charge in [0.25, 0.3) is 0 Å². The average Bonchev–Trinajstić information content (AvgIpc) is 1.66. The Balaban J connectivity index is 0.000000133. The second kappa shape index (κ2) is 49.8. The topological polar surface area (TPSA) is 356 Å². The summed E-state index contributed by atoms with van der Waals surface area (Å²) >= 11 is 8.32. The first-order chi connectivity index (χ1) is 67.6. The van der Waals surface area contributed by atoms with E-state index in [0.29, 0.717) is 54.0 Å². The third kappa shape index (κ3) is 29.6. The highest BCUT2D eigenvalue weighted by atomic mass is 32.1. The molecule has 1 atom stereocenters. The van der Waals surface area contributed by atoms with E-state index in [9.17, 15) is 51.1 Å². The van der Waals surface area contributed by atoms with Gasteiger partial charge in [0, 0.05) is 162 Å². The summed E-state index contributed by atoms with van der Waals surface area (Å²) in [6, 6.07) is 65.1. The lowest BCUT2D eigenvalue weighted by atomic mass is 10.0. The lowest BCUT2D eigenvalue weighted by Gasteiger charge is -2.09. The minimum absolute atomic E-state index is 0.00779. The van der Waals surface area contributed by atoms with E-state index < -0.39 is 23.6 Å². The number of amides is 6. The normalized spacial score (nSPS) is 11.4. The van der Waals surface area contributed by atoms with Crippen LogP contribution in [0.15, 0.2) is 321 Å². The van der Waals surface area contributed by atoms with E-state index in [1.165, 1.54) is 104 Å². The van der Waals surface area contributed by atoms with Gasteiger partial charge in [0.05, 0.1) is 65.4 Å². The number of fused-ring (bicyclic) bond motifs is 1. The number of halogens is 4. The first-order valence-corrected chi connectivity index (χ1v) is 47.7. The SMILES string of the molecule is Cc1sc(NC(=O)CCc2ccccc2)nc1-c1ccncc1.Cc1sc(NC(=O)Cc2ccc(F)cc2)nc1-c1ccncc1.Cc1sc(NC(=O)Cc2ccccc2F)nc1-c1ccncc1.O=C(/C=C/c1ccccc1)Nc1nc(-c2ccncc2)cs1.O=C(CC1OC(=O)c2ccccc21)Nc1nc(-c2ccncc2)cs1.O=C(Cc1cccc(F)c1F)Nc1nc(-c2ccncc2)cs1. The standard InChI is InChI=1S/C18H13N3O3S.C18H17N3OS.2C17H14FN3OS.C17H13N3OS.C16H11F2N3OS/c22-16(9-15-12-3-1-2-4-13(12)17(23)24-15)21-18-20-14(10-25-18)11-5-7-19-8-6-11;1-13-17(15-9-11-19-12-10-15)21-18(23-13)20-16(22)8-7-14-5-3-2-4-6-14;1-11-16(13-6-8-19-9-7-13)21-17(23-11)20-15(22)10-12-2-4-14(18)5-3-12;1-11-16(12-6-8-19-9-7-12)21-17(23-11)20-15(22)10-13-4-2-3-5-14(13)18;21-16(7-6-13-4-2-1-3-5-13)20-17-19-15(12-22-17)14-8-10-18-11-9-14;17-12-3-1-2-11(15(12)18)8-14(22)21-16-20-13(9-23-16)10-4-6-19-7-5-10/h1-8,10,15H,9H2,(H,20,21,22);2-6,9-12H,7-8H2,1H3,(H,20,21,22);2*2-9H,10H2,1H3,(H,20,21,22);1-12H,(H,19,20,21);1-7,9H,8H2,(H,20,21,22)/b;;;;7-6+;. The summed E-state index contributed by atoms with van der Waals surface area (Å²) in [5.74, 6) is -4.41. The molecular formula is C103H82F4N18O8S6. The van der Waals surface area contributed by atoms with Crippen molar-refractivity contribution in [2.45, 2.75) is 65.4 Å². The number of thiazole rings is 6. The molecule has 0 radical (unpaired) electrons. The zero-order chi connectivity index (χ0) is 97.2. The summed E-state index contributed by atoms with van der Waals surface area (Å²) in [5, 5.41) is 25.3. The molecule has 0 bridgehead atoms. The van der Waals surface area contributed by atoms with Crippen molar-refractivity contribution in [2.24, 2.45) is 0 Å². The predicted molar refractivity (Wildman–Crippen MR) is 538 cm³/mol. The van der Waals surface area contributed by atoms with Crippen molar-refractivity contribution >= 4 is 146 Å². The number of aromatic nitrogens is 12. The fraction of sp³-hybridized carbons (Fsp3) is 0.0971. The largest absolute Gasteiger partial charge is 0.453 e. The number of nitrogens with zero attached hydrogens (tertiary/aromatic N) is 12.